The Morgan fingerprint density at radius 2 is 1.86 bits per heavy atom. The number of rotatable bonds is 5. The van der Waals surface area contributed by atoms with Gasteiger partial charge in [0.15, 0.2) is 6.29 Å². The number of furan rings is 1. The van der Waals surface area contributed by atoms with E-state index in [1.54, 1.807) is 18.4 Å². The Morgan fingerprint density at radius 3 is 2.57 bits per heavy atom. The Balaban J connectivity index is 1.81. The van der Waals surface area contributed by atoms with E-state index in [0.717, 1.165) is 23.2 Å². The molecule has 21 heavy (non-hydrogen) atoms. The normalized spacial score (nSPS) is 10.3. The SMILES string of the molecule is O=Cc1cc(-c2ccco2)ccc1OCc1ccccc1. The highest BCUT2D eigenvalue weighted by atomic mass is 16.5. The zero-order valence-electron chi connectivity index (χ0n) is 11.4. The lowest BCUT2D eigenvalue weighted by molar-refractivity contribution is 0.111. The standard InChI is InChI=1S/C18H14O3/c19-12-16-11-15(17-7-4-10-20-17)8-9-18(16)21-13-14-5-2-1-3-6-14/h1-12H,13H2. The second kappa shape index (κ2) is 6.09. The van der Waals surface area contributed by atoms with Crippen LogP contribution in [0.4, 0.5) is 0 Å². The van der Waals surface area contributed by atoms with Crippen LogP contribution in [-0.4, -0.2) is 6.29 Å². The highest BCUT2D eigenvalue weighted by Gasteiger charge is 2.08. The minimum atomic E-state index is 0.432. The van der Waals surface area contributed by atoms with Gasteiger partial charge in [0.25, 0.3) is 0 Å². The first-order chi connectivity index (χ1) is 10.4. The highest BCUT2D eigenvalue weighted by Crippen LogP contribution is 2.26. The predicted molar refractivity (Wildman–Crippen MR) is 80.3 cm³/mol. The summed E-state index contributed by atoms with van der Waals surface area (Å²) in [7, 11) is 0. The van der Waals surface area contributed by atoms with Crippen LogP contribution in [0.2, 0.25) is 0 Å². The molecule has 0 atom stereocenters. The predicted octanol–water partition coefficient (Wildman–Crippen LogP) is 4.34. The largest absolute Gasteiger partial charge is 0.488 e. The van der Waals surface area contributed by atoms with Crippen LogP contribution < -0.4 is 4.74 Å². The van der Waals surface area contributed by atoms with Gasteiger partial charge in [0.05, 0.1) is 11.8 Å². The Labute approximate surface area is 122 Å². The van der Waals surface area contributed by atoms with Gasteiger partial charge in [-0.25, -0.2) is 0 Å². The molecule has 3 heteroatoms. The zero-order valence-corrected chi connectivity index (χ0v) is 11.4. The van der Waals surface area contributed by atoms with Crippen LogP contribution in [0.3, 0.4) is 0 Å². The van der Waals surface area contributed by atoms with Crippen molar-refractivity contribution in [2.45, 2.75) is 6.61 Å². The first-order valence-electron chi connectivity index (χ1n) is 6.66. The number of hydrogen-bond acceptors (Lipinski definition) is 3. The average Bonchev–Trinajstić information content (AvgIpc) is 3.08. The van der Waals surface area contributed by atoms with Crippen molar-refractivity contribution in [3.8, 4) is 17.1 Å². The Hall–Kier alpha value is -2.81. The monoisotopic (exact) mass is 278 g/mol. The molecule has 3 rings (SSSR count). The van der Waals surface area contributed by atoms with E-state index in [1.807, 2.05) is 48.5 Å². The van der Waals surface area contributed by atoms with E-state index in [4.69, 9.17) is 9.15 Å². The molecule has 1 heterocycles. The van der Waals surface area contributed by atoms with Crippen molar-refractivity contribution in [3.63, 3.8) is 0 Å². The fraction of sp³-hybridized carbons (Fsp3) is 0.0556. The average molecular weight is 278 g/mol. The lowest BCUT2D eigenvalue weighted by Gasteiger charge is -2.09. The molecule has 0 bridgehead atoms. The molecule has 1 aromatic heterocycles. The van der Waals surface area contributed by atoms with Gasteiger partial charge in [-0.05, 0) is 35.9 Å². The van der Waals surface area contributed by atoms with E-state index in [9.17, 15) is 4.79 Å². The summed E-state index contributed by atoms with van der Waals surface area (Å²) in [5, 5.41) is 0. The van der Waals surface area contributed by atoms with Crippen LogP contribution in [0.1, 0.15) is 15.9 Å². The molecule has 0 radical (unpaired) electrons. The van der Waals surface area contributed by atoms with Crippen LogP contribution in [-0.2, 0) is 6.61 Å². The summed E-state index contributed by atoms with van der Waals surface area (Å²) in [5.41, 5.74) is 2.43. The Kier molecular flexibility index (Phi) is 3.83. The zero-order chi connectivity index (χ0) is 14.5. The number of carbonyl (C=O) groups excluding carboxylic acids is 1. The van der Waals surface area contributed by atoms with Gasteiger partial charge in [0, 0.05) is 5.56 Å². The van der Waals surface area contributed by atoms with Gasteiger partial charge >= 0.3 is 0 Å². The summed E-state index contributed by atoms with van der Waals surface area (Å²) < 4.78 is 11.1. The van der Waals surface area contributed by atoms with Crippen molar-refractivity contribution in [2.75, 3.05) is 0 Å². The summed E-state index contributed by atoms with van der Waals surface area (Å²) in [6.45, 7) is 0.432. The van der Waals surface area contributed by atoms with Crippen molar-refractivity contribution < 1.29 is 13.9 Å². The summed E-state index contributed by atoms with van der Waals surface area (Å²) in [6, 6.07) is 19.0. The Morgan fingerprint density at radius 1 is 1.00 bits per heavy atom. The van der Waals surface area contributed by atoms with E-state index >= 15 is 0 Å². The van der Waals surface area contributed by atoms with Gasteiger partial charge in [0.2, 0.25) is 0 Å². The maximum absolute atomic E-state index is 11.2. The maximum Gasteiger partial charge on any atom is 0.153 e. The minimum Gasteiger partial charge on any atom is -0.488 e. The van der Waals surface area contributed by atoms with Crippen molar-refractivity contribution in [2.24, 2.45) is 0 Å². The van der Waals surface area contributed by atoms with Gasteiger partial charge in [0.1, 0.15) is 18.1 Å². The maximum atomic E-state index is 11.2. The number of hydrogen-bond donors (Lipinski definition) is 0. The van der Waals surface area contributed by atoms with Crippen LogP contribution >= 0.6 is 0 Å². The van der Waals surface area contributed by atoms with Gasteiger partial charge in [-0.2, -0.15) is 0 Å². The summed E-state index contributed by atoms with van der Waals surface area (Å²) in [5.74, 6) is 1.30. The van der Waals surface area contributed by atoms with Crippen LogP contribution in [0, 0.1) is 0 Å². The summed E-state index contributed by atoms with van der Waals surface area (Å²) in [6.07, 6.45) is 2.41. The van der Waals surface area contributed by atoms with E-state index in [-0.39, 0.29) is 0 Å². The molecule has 0 aliphatic heterocycles. The van der Waals surface area contributed by atoms with Gasteiger partial charge < -0.3 is 9.15 Å². The van der Waals surface area contributed by atoms with Crippen molar-refractivity contribution in [1.29, 1.82) is 0 Å². The van der Waals surface area contributed by atoms with E-state index in [0.29, 0.717) is 17.9 Å². The van der Waals surface area contributed by atoms with Crippen LogP contribution in [0.25, 0.3) is 11.3 Å². The van der Waals surface area contributed by atoms with Gasteiger partial charge in [-0.1, -0.05) is 30.3 Å². The van der Waals surface area contributed by atoms with Crippen molar-refractivity contribution >= 4 is 6.29 Å². The second-order valence-electron chi connectivity index (χ2n) is 4.62. The van der Waals surface area contributed by atoms with Crippen LogP contribution in [0.5, 0.6) is 5.75 Å². The number of aldehydes is 1. The molecule has 3 aromatic rings. The Bertz CT molecular complexity index is 715. The third-order valence-electron chi connectivity index (χ3n) is 3.18. The van der Waals surface area contributed by atoms with Crippen LogP contribution in [0.15, 0.2) is 71.3 Å². The molecule has 0 spiro atoms. The lowest BCUT2D eigenvalue weighted by atomic mass is 10.1. The molecule has 0 aliphatic carbocycles. The first-order valence-corrected chi connectivity index (χ1v) is 6.66. The second-order valence-corrected chi connectivity index (χ2v) is 4.62. The summed E-state index contributed by atoms with van der Waals surface area (Å²) >= 11 is 0. The molecule has 3 nitrogen and oxygen atoms in total. The highest BCUT2D eigenvalue weighted by molar-refractivity contribution is 5.82. The van der Waals surface area contributed by atoms with Gasteiger partial charge in [-0.3, -0.25) is 4.79 Å². The van der Waals surface area contributed by atoms with E-state index in [1.165, 1.54) is 0 Å². The smallest absolute Gasteiger partial charge is 0.153 e. The molecular weight excluding hydrogens is 264 g/mol. The van der Waals surface area contributed by atoms with E-state index < -0.39 is 0 Å². The molecule has 0 fully saturated rings. The lowest BCUT2D eigenvalue weighted by Crippen LogP contribution is -1.98. The fourth-order valence-electron chi connectivity index (χ4n) is 2.10. The van der Waals surface area contributed by atoms with Gasteiger partial charge in [-0.15, -0.1) is 0 Å². The minimum absolute atomic E-state index is 0.432. The number of carbonyl (C=O) groups is 1. The molecule has 0 aliphatic rings. The molecule has 0 saturated heterocycles. The number of benzene rings is 2. The fourth-order valence-corrected chi connectivity index (χ4v) is 2.10. The third kappa shape index (κ3) is 3.03. The molecule has 2 aromatic carbocycles. The molecule has 0 unspecified atom stereocenters. The first kappa shape index (κ1) is 13.2. The molecule has 0 saturated carbocycles. The third-order valence-corrected chi connectivity index (χ3v) is 3.18. The topological polar surface area (TPSA) is 39.4 Å². The molecular formula is C18H14O3. The van der Waals surface area contributed by atoms with Crippen molar-refractivity contribution in [1.82, 2.24) is 0 Å². The summed E-state index contributed by atoms with van der Waals surface area (Å²) in [4.78, 5) is 11.2. The molecule has 104 valence electrons. The quantitative estimate of drug-likeness (QED) is 0.652. The number of ether oxygens (including phenoxy) is 1. The van der Waals surface area contributed by atoms with Crippen molar-refractivity contribution in [3.05, 3.63) is 78.1 Å². The van der Waals surface area contributed by atoms with E-state index in [2.05, 4.69) is 0 Å². The molecule has 0 amide bonds. The molecule has 0 N–H and O–H groups in total.